The molecule has 0 unspecified atom stereocenters. The van der Waals surface area contributed by atoms with Gasteiger partial charge in [-0.05, 0) is 29.5 Å². The first-order valence-corrected chi connectivity index (χ1v) is 6.89. The molecule has 0 saturated carbocycles. The van der Waals surface area contributed by atoms with E-state index in [4.69, 9.17) is 4.74 Å². The van der Waals surface area contributed by atoms with E-state index in [9.17, 15) is 9.59 Å². The van der Waals surface area contributed by atoms with Gasteiger partial charge in [-0.25, -0.2) is 4.79 Å². The van der Waals surface area contributed by atoms with Crippen molar-refractivity contribution in [2.45, 2.75) is 40.0 Å². The Bertz CT molecular complexity index is 480. The maximum absolute atomic E-state index is 11.9. The van der Waals surface area contributed by atoms with Crippen LogP contribution in [-0.4, -0.2) is 23.9 Å². The summed E-state index contributed by atoms with van der Waals surface area (Å²) >= 11 is 0. The number of carbonyl (C=O) groups excluding carboxylic acids is 2. The number of hydrogen-bond donors (Lipinski definition) is 0. The Morgan fingerprint density at radius 3 is 2.40 bits per heavy atom. The molecule has 0 fully saturated rings. The first-order valence-electron chi connectivity index (χ1n) is 6.89. The van der Waals surface area contributed by atoms with E-state index in [1.807, 2.05) is 32.0 Å². The first kappa shape index (κ1) is 16.2. The van der Waals surface area contributed by atoms with Crippen molar-refractivity contribution in [3.63, 3.8) is 0 Å². The summed E-state index contributed by atoms with van der Waals surface area (Å²) in [7, 11) is 1.44. The van der Waals surface area contributed by atoms with Gasteiger partial charge < -0.3 is 4.74 Å². The standard InChI is InChI=1S/C16H23NO3/c1-11(2)9-15(18)17(5)16(19)20-14-8-6-7-13(10-14)12(3)4/h6-8,10-12H,9H2,1-5H3. The van der Waals surface area contributed by atoms with Crippen molar-refractivity contribution in [1.82, 2.24) is 4.90 Å². The third kappa shape index (κ3) is 4.68. The van der Waals surface area contributed by atoms with Gasteiger partial charge in [-0.15, -0.1) is 0 Å². The van der Waals surface area contributed by atoms with E-state index in [2.05, 4.69) is 13.8 Å². The molecular formula is C16H23NO3. The van der Waals surface area contributed by atoms with E-state index < -0.39 is 6.09 Å². The zero-order valence-corrected chi connectivity index (χ0v) is 12.8. The van der Waals surface area contributed by atoms with E-state index in [-0.39, 0.29) is 11.8 Å². The van der Waals surface area contributed by atoms with Gasteiger partial charge in [0.2, 0.25) is 5.91 Å². The van der Waals surface area contributed by atoms with Crippen LogP contribution in [-0.2, 0) is 4.79 Å². The smallest absolute Gasteiger partial charge is 0.410 e. The minimum Gasteiger partial charge on any atom is -0.410 e. The molecule has 0 aliphatic heterocycles. The van der Waals surface area contributed by atoms with Gasteiger partial charge in [0.1, 0.15) is 5.75 Å². The zero-order chi connectivity index (χ0) is 15.3. The van der Waals surface area contributed by atoms with Crippen molar-refractivity contribution in [2.24, 2.45) is 5.92 Å². The average Bonchev–Trinajstić information content (AvgIpc) is 2.37. The molecule has 1 aromatic rings. The van der Waals surface area contributed by atoms with Crippen LogP contribution in [0.2, 0.25) is 0 Å². The highest BCUT2D eigenvalue weighted by atomic mass is 16.6. The molecule has 0 heterocycles. The largest absolute Gasteiger partial charge is 0.421 e. The molecule has 0 aromatic heterocycles. The Kier molecular flexibility index (Phi) is 5.74. The van der Waals surface area contributed by atoms with E-state index in [1.54, 1.807) is 6.07 Å². The highest BCUT2D eigenvalue weighted by molar-refractivity contribution is 5.92. The summed E-state index contributed by atoms with van der Waals surface area (Å²) in [4.78, 5) is 24.7. The summed E-state index contributed by atoms with van der Waals surface area (Å²) in [6, 6.07) is 7.36. The molecule has 0 aliphatic carbocycles. The second kappa shape index (κ2) is 7.08. The van der Waals surface area contributed by atoms with Gasteiger partial charge in [0.15, 0.2) is 0 Å². The van der Waals surface area contributed by atoms with Crippen molar-refractivity contribution in [3.8, 4) is 5.75 Å². The number of imide groups is 1. The Hall–Kier alpha value is -1.84. The SMILES string of the molecule is CC(C)CC(=O)N(C)C(=O)Oc1cccc(C(C)C)c1. The molecule has 1 aromatic carbocycles. The molecule has 0 aliphatic rings. The van der Waals surface area contributed by atoms with Crippen LogP contribution in [0.4, 0.5) is 4.79 Å². The summed E-state index contributed by atoms with van der Waals surface area (Å²) in [5.74, 6) is 0.798. The second-order valence-corrected chi connectivity index (χ2v) is 5.65. The first-order chi connectivity index (χ1) is 9.31. The minimum absolute atomic E-state index is 0.210. The lowest BCUT2D eigenvalue weighted by Crippen LogP contribution is -2.35. The molecule has 1 rings (SSSR count). The predicted molar refractivity (Wildman–Crippen MR) is 78.8 cm³/mol. The van der Waals surface area contributed by atoms with Gasteiger partial charge >= 0.3 is 6.09 Å². The fourth-order valence-electron chi connectivity index (χ4n) is 1.69. The fourth-order valence-corrected chi connectivity index (χ4v) is 1.69. The molecule has 110 valence electrons. The maximum Gasteiger partial charge on any atom is 0.421 e. The Balaban J connectivity index is 2.70. The Morgan fingerprint density at radius 2 is 1.85 bits per heavy atom. The van der Waals surface area contributed by atoms with Crippen LogP contribution in [0.3, 0.4) is 0 Å². The molecule has 0 radical (unpaired) electrons. The number of hydrogen-bond acceptors (Lipinski definition) is 3. The molecule has 4 heteroatoms. The third-order valence-corrected chi connectivity index (χ3v) is 2.96. The van der Waals surface area contributed by atoms with E-state index in [1.165, 1.54) is 7.05 Å². The van der Waals surface area contributed by atoms with Crippen LogP contribution in [0.15, 0.2) is 24.3 Å². The monoisotopic (exact) mass is 277 g/mol. The number of benzene rings is 1. The van der Waals surface area contributed by atoms with Crippen LogP contribution in [0.5, 0.6) is 5.75 Å². The summed E-state index contributed by atoms with van der Waals surface area (Å²) in [6.45, 7) is 8.00. The highest BCUT2D eigenvalue weighted by Gasteiger charge is 2.19. The topological polar surface area (TPSA) is 46.6 Å². The van der Waals surface area contributed by atoms with Crippen LogP contribution < -0.4 is 4.74 Å². The minimum atomic E-state index is -0.642. The lowest BCUT2D eigenvalue weighted by atomic mass is 10.0. The molecule has 0 atom stereocenters. The number of rotatable bonds is 4. The fraction of sp³-hybridized carbons (Fsp3) is 0.500. The van der Waals surface area contributed by atoms with Gasteiger partial charge in [0.05, 0.1) is 0 Å². The van der Waals surface area contributed by atoms with Crippen molar-refractivity contribution in [1.29, 1.82) is 0 Å². The number of nitrogens with zero attached hydrogens (tertiary/aromatic N) is 1. The highest BCUT2D eigenvalue weighted by Crippen LogP contribution is 2.20. The molecule has 4 nitrogen and oxygen atoms in total. The van der Waals surface area contributed by atoms with Gasteiger partial charge in [-0.1, -0.05) is 39.8 Å². The molecule has 0 bridgehead atoms. The van der Waals surface area contributed by atoms with Gasteiger partial charge in [0, 0.05) is 13.5 Å². The quantitative estimate of drug-likeness (QED) is 0.840. The van der Waals surface area contributed by atoms with Gasteiger partial charge in [0.25, 0.3) is 0 Å². The average molecular weight is 277 g/mol. The molecule has 0 N–H and O–H groups in total. The maximum atomic E-state index is 11.9. The van der Waals surface area contributed by atoms with Crippen LogP contribution in [0.25, 0.3) is 0 Å². The van der Waals surface area contributed by atoms with Gasteiger partial charge in [-0.3, -0.25) is 9.69 Å². The van der Waals surface area contributed by atoms with Crippen LogP contribution in [0, 0.1) is 5.92 Å². The lowest BCUT2D eigenvalue weighted by molar-refractivity contribution is -0.128. The number of ether oxygens (including phenoxy) is 1. The third-order valence-electron chi connectivity index (χ3n) is 2.96. The molecule has 0 spiro atoms. The second-order valence-electron chi connectivity index (χ2n) is 5.65. The van der Waals surface area contributed by atoms with Gasteiger partial charge in [-0.2, -0.15) is 0 Å². The molecule has 20 heavy (non-hydrogen) atoms. The summed E-state index contributed by atoms with van der Waals surface area (Å²) in [6.07, 6.45) is -0.311. The molecule has 2 amide bonds. The van der Waals surface area contributed by atoms with Crippen molar-refractivity contribution < 1.29 is 14.3 Å². The Morgan fingerprint density at radius 1 is 1.20 bits per heavy atom. The lowest BCUT2D eigenvalue weighted by Gasteiger charge is -2.16. The zero-order valence-electron chi connectivity index (χ0n) is 12.8. The number of amides is 2. The Labute approximate surface area is 120 Å². The summed E-state index contributed by atoms with van der Waals surface area (Å²) in [5, 5.41) is 0. The van der Waals surface area contributed by atoms with Crippen molar-refractivity contribution in [2.75, 3.05) is 7.05 Å². The number of carbonyl (C=O) groups is 2. The molecular weight excluding hydrogens is 254 g/mol. The van der Waals surface area contributed by atoms with E-state index in [0.717, 1.165) is 10.5 Å². The van der Waals surface area contributed by atoms with E-state index >= 15 is 0 Å². The van der Waals surface area contributed by atoms with E-state index in [0.29, 0.717) is 18.1 Å². The normalized spacial score (nSPS) is 10.8. The molecule has 0 saturated heterocycles. The summed E-state index contributed by atoms with van der Waals surface area (Å²) < 4.78 is 5.24. The van der Waals surface area contributed by atoms with Crippen LogP contribution in [0.1, 0.15) is 45.6 Å². The van der Waals surface area contributed by atoms with Crippen molar-refractivity contribution >= 4 is 12.0 Å². The summed E-state index contributed by atoms with van der Waals surface area (Å²) in [5.41, 5.74) is 1.09. The van der Waals surface area contributed by atoms with Crippen molar-refractivity contribution in [3.05, 3.63) is 29.8 Å². The van der Waals surface area contributed by atoms with Crippen LogP contribution >= 0.6 is 0 Å². The predicted octanol–water partition coefficient (Wildman–Crippen LogP) is 3.81.